The van der Waals surface area contributed by atoms with E-state index >= 15 is 0 Å². The molecule has 1 unspecified atom stereocenters. The van der Waals surface area contributed by atoms with Crippen LogP contribution in [0.25, 0.3) is 0 Å². The molecule has 2 aromatic rings. The van der Waals surface area contributed by atoms with Crippen LogP contribution in [0.2, 0.25) is 0 Å². The molecule has 2 rings (SSSR count). The molecule has 2 N–H and O–H groups in total. The van der Waals surface area contributed by atoms with Gasteiger partial charge in [-0.05, 0) is 36.8 Å². The van der Waals surface area contributed by atoms with Crippen molar-refractivity contribution in [3.05, 3.63) is 53.1 Å². The highest BCUT2D eigenvalue weighted by Crippen LogP contribution is 2.32. The second-order valence-electron chi connectivity index (χ2n) is 5.28. The topological polar surface area (TPSA) is 74.5 Å². The number of hydrogen-bond donors (Lipinski definition) is 2. The summed E-state index contributed by atoms with van der Waals surface area (Å²) in [6.45, 7) is 1.74. The van der Waals surface area contributed by atoms with Gasteiger partial charge in [0, 0.05) is 6.04 Å². The van der Waals surface area contributed by atoms with Crippen LogP contribution >= 0.6 is 0 Å². The number of hydrogen-bond acceptors (Lipinski definition) is 5. The zero-order chi connectivity index (χ0) is 18.4. The highest BCUT2D eigenvalue weighted by atomic mass is 19.1. The second-order valence-corrected chi connectivity index (χ2v) is 5.28. The van der Waals surface area contributed by atoms with Crippen molar-refractivity contribution < 1.29 is 23.4 Å². The quantitative estimate of drug-likeness (QED) is 0.802. The number of rotatable bonds is 7. The molecule has 0 radical (unpaired) electrons. The Kier molecular flexibility index (Phi) is 6.14. The Morgan fingerprint density at radius 2 is 1.88 bits per heavy atom. The molecule has 0 spiro atoms. The van der Waals surface area contributed by atoms with Gasteiger partial charge in [-0.15, -0.1) is 0 Å². The molecule has 0 heterocycles. The van der Waals surface area contributed by atoms with Gasteiger partial charge >= 0.3 is 0 Å². The minimum atomic E-state index is -0.835. The zero-order valence-corrected chi connectivity index (χ0v) is 13.8. The minimum Gasteiger partial charge on any atom is -0.493 e. The van der Waals surface area contributed by atoms with E-state index in [0.717, 1.165) is 17.7 Å². The first-order valence-electron chi connectivity index (χ1n) is 7.57. The van der Waals surface area contributed by atoms with Gasteiger partial charge in [0.05, 0.1) is 25.3 Å². The van der Waals surface area contributed by atoms with Crippen LogP contribution in [-0.4, -0.2) is 25.4 Å². The normalized spacial score (nSPS) is 11.5. The van der Waals surface area contributed by atoms with Crippen LogP contribution in [0.4, 0.5) is 14.5 Å². The lowest BCUT2D eigenvalue weighted by atomic mass is 10.1. The summed E-state index contributed by atoms with van der Waals surface area (Å²) in [4.78, 5) is 0. The predicted molar refractivity (Wildman–Crippen MR) is 88.7 cm³/mol. The fourth-order valence-corrected chi connectivity index (χ4v) is 2.30. The van der Waals surface area contributed by atoms with Gasteiger partial charge in [0.2, 0.25) is 0 Å². The Bertz CT molecular complexity index is 767. The van der Waals surface area contributed by atoms with Crippen molar-refractivity contribution in [2.45, 2.75) is 13.0 Å². The molecule has 0 saturated carbocycles. The Labute approximate surface area is 144 Å². The molecule has 0 amide bonds. The monoisotopic (exact) mass is 348 g/mol. The summed E-state index contributed by atoms with van der Waals surface area (Å²) in [7, 11) is 1.48. The smallest absolute Gasteiger partial charge is 0.161 e. The first-order valence-corrected chi connectivity index (χ1v) is 7.57. The summed E-state index contributed by atoms with van der Waals surface area (Å²) in [6.07, 6.45) is 0. The third kappa shape index (κ3) is 4.37. The van der Waals surface area contributed by atoms with E-state index in [2.05, 4.69) is 5.32 Å². The Hall–Kier alpha value is -2.85. The van der Waals surface area contributed by atoms with Crippen LogP contribution in [-0.2, 0) is 0 Å². The van der Waals surface area contributed by atoms with E-state index in [-0.39, 0.29) is 24.5 Å². The fraction of sp³-hybridized carbons (Fsp3) is 0.278. The standard InChI is InChI=1S/C18H18F2N2O3/c1-11(22-18-14(19)7-12(10-21)8-15(18)20)13-3-4-16(25-6-5-23)17(9-13)24-2/h3-4,7-9,11,22-23H,5-6H2,1-2H3. The number of aliphatic hydroxyl groups excluding tert-OH is 1. The van der Waals surface area contributed by atoms with Gasteiger partial charge < -0.3 is 19.9 Å². The molecular weight excluding hydrogens is 330 g/mol. The summed E-state index contributed by atoms with van der Waals surface area (Å²) < 4.78 is 38.6. The van der Waals surface area contributed by atoms with Crippen molar-refractivity contribution in [3.63, 3.8) is 0 Å². The SMILES string of the molecule is COc1cc(C(C)Nc2c(F)cc(C#N)cc2F)ccc1OCCO. The van der Waals surface area contributed by atoms with Crippen molar-refractivity contribution in [3.8, 4) is 17.6 Å². The van der Waals surface area contributed by atoms with Gasteiger partial charge in [0.15, 0.2) is 23.1 Å². The maximum absolute atomic E-state index is 14.0. The summed E-state index contributed by atoms with van der Waals surface area (Å²) in [5.74, 6) is -0.764. The van der Waals surface area contributed by atoms with Crippen molar-refractivity contribution in [2.24, 2.45) is 0 Å². The fourth-order valence-electron chi connectivity index (χ4n) is 2.30. The molecule has 132 valence electrons. The average molecular weight is 348 g/mol. The van der Waals surface area contributed by atoms with Gasteiger partial charge in [0.1, 0.15) is 12.3 Å². The number of anilines is 1. The third-order valence-corrected chi connectivity index (χ3v) is 3.57. The first kappa shape index (κ1) is 18.5. The van der Waals surface area contributed by atoms with E-state index in [4.69, 9.17) is 19.8 Å². The Morgan fingerprint density at radius 3 is 2.44 bits per heavy atom. The minimum absolute atomic E-state index is 0.0831. The number of nitrogens with one attached hydrogen (secondary N) is 1. The van der Waals surface area contributed by atoms with Crippen LogP contribution in [0.3, 0.4) is 0 Å². The molecule has 0 aliphatic heterocycles. The van der Waals surface area contributed by atoms with Gasteiger partial charge in [-0.25, -0.2) is 8.78 Å². The summed E-state index contributed by atoms with van der Waals surface area (Å²) >= 11 is 0. The Balaban J connectivity index is 2.24. The van der Waals surface area contributed by atoms with Crippen LogP contribution in [0.15, 0.2) is 30.3 Å². The molecule has 5 nitrogen and oxygen atoms in total. The number of halogens is 2. The second kappa shape index (κ2) is 8.31. The molecule has 1 atom stereocenters. The zero-order valence-electron chi connectivity index (χ0n) is 13.8. The van der Waals surface area contributed by atoms with E-state index in [1.54, 1.807) is 31.2 Å². The third-order valence-electron chi connectivity index (χ3n) is 3.57. The van der Waals surface area contributed by atoms with E-state index in [1.165, 1.54) is 7.11 Å². The number of benzene rings is 2. The van der Waals surface area contributed by atoms with Crippen LogP contribution < -0.4 is 14.8 Å². The lowest BCUT2D eigenvalue weighted by molar-refractivity contribution is 0.196. The summed E-state index contributed by atoms with van der Waals surface area (Å²) in [6, 6.07) is 8.30. The van der Waals surface area contributed by atoms with Crippen LogP contribution in [0.1, 0.15) is 24.1 Å². The van der Waals surface area contributed by atoms with Gasteiger partial charge in [-0.3, -0.25) is 0 Å². The Morgan fingerprint density at radius 1 is 1.20 bits per heavy atom. The molecule has 0 saturated heterocycles. The number of ether oxygens (including phenoxy) is 2. The number of nitrogens with zero attached hydrogens (tertiary/aromatic N) is 1. The number of aliphatic hydroxyl groups is 1. The largest absolute Gasteiger partial charge is 0.493 e. The molecule has 25 heavy (non-hydrogen) atoms. The summed E-state index contributed by atoms with van der Waals surface area (Å²) in [5, 5.41) is 20.3. The molecule has 0 aliphatic rings. The molecule has 0 bridgehead atoms. The van der Waals surface area contributed by atoms with Crippen LogP contribution in [0.5, 0.6) is 11.5 Å². The predicted octanol–water partition coefficient (Wildman–Crippen LogP) is 3.39. The lowest BCUT2D eigenvalue weighted by Gasteiger charge is -2.19. The lowest BCUT2D eigenvalue weighted by Crippen LogP contribution is -2.10. The van der Waals surface area contributed by atoms with Gasteiger partial charge in [-0.1, -0.05) is 6.07 Å². The molecule has 0 fully saturated rings. The van der Waals surface area contributed by atoms with E-state index in [1.807, 2.05) is 0 Å². The highest BCUT2D eigenvalue weighted by molar-refractivity contribution is 5.53. The average Bonchev–Trinajstić information content (AvgIpc) is 2.62. The molecule has 0 aromatic heterocycles. The molecule has 7 heteroatoms. The maximum atomic E-state index is 14.0. The van der Waals surface area contributed by atoms with E-state index in [0.29, 0.717) is 11.5 Å². The van der Waals surface area contributed by atoms with Crippen molar-refractivity contribution in [1.29, 1.82) is 5.26 Å². The number of methoxy groups -OCH3 is 1. The molecule has 2 aromatic carbocycles. The van der Waals surface area contributed by atoms with Crippen molar-refractivity contribution in [1.82, 2.24) is 0 Å². The van der Waals surface area contributed by atoms with Crippen LogP contribution in [0, 0.1) is 23.0 Å². The van der Waals surface area contributed by atoms with E-state index in [9.17, 15) is 8.78 Å². The van der Waals surface area contributed by atoms with E-state index < -0.39 is 17.7 Å². The first-order chi connectivity index (χ1) is 12.0. The molecule has 0 aliphatic carbocycles. The van der Waals surface area contributed by atoms with Crippen molar-refractivity contribution >= 4 is 5.69 Å². The van der Waals surface area contributed by atoms with Gasteiger partial charge in [0.25, 0.3) is 0 Å². The maximum Gasteiger partial charge on any atom is 0.161 e. The molecular formula is C18H18F2N2O3. The summed E-state index contributed by atoms with van der Waals surface area (Å²) in [5.41, 5.74) is 0.336. The van der Waals surface area contributed by atoms with Gasteiger partial charge in [-0.2, -0.15) is 5.26 Å². The highest BCUT2D eigenvalue weighted by Gasteiger charge is 2.16. The van der Waals surface area contributed by atoms with Crippen molar-refractivity contribution in [2.75, 3.05) is 25.6 Å². The number of nitriles is 1.